The van der Waals surface area contributed by atoms with Crippen molar-refractivity contribution in [1.29, 1.82) is 0 Å². The fourth-order valence-electron chi connectivity index (χ4n) is 0.542. The van der Waals surface area contributed by atoms with E-state index in [0.29, 0.717) is 0 Å². The normalized spacial score (nSPS) is 50.7. The van der Waals surface area contributed by atoms with Gasteiger partial charge in [0.25, 0.3) is 0 Å². The molecule has 0 aromatic heterocycles. The van der Waals surface area contributed by atoms with E-state index in [-0.39, 0.29) is 12.8 Å². The van der Waals surface area contributed by atoms with Gasteiger partial charge >= 0.3 is 0 Å². The van der Waals surface area contributed by atoms with Crippen molar-refractivity contribution in [2.24, 2.45) is 0 Å². The average Bonchev–Trinajstić information content (AvgIpc) is 1.77. The van der Waals surface area contributed by atoms with Crippen LogP contribution >= 0.6 is 0 Å². The van der Waals surface area contributed by atoms with Crippen LogP contribution < -0.4 is 0 Å². The summed E-state index contributed by atoms with van der Waals surface area (Å²) >= 11 is 0. The van der Waals surface area contributed by atoms with Gasteiger partial charge in [0.1, 0.15) is 0 Å². The predicted octanol–water partition coefficient (Wildman–Crippen LogP) is 2.12. The van der Waals surface area contributed by atoms with Gasteiger partial charge < -0.3 is 0 Å². The lowest BCUT2D eigenvalue weighted by Gasteiger charge is -1.97. The zero-order valence-corrected chi connectivity index (χ0v) is 3.72. The molecule has 0 N–H and O–H groups in total. The highest BCUT2D eigenvalue weighted by Gasteiger charge is 1.87. The van der Waals surface area contributed by atoms with Crippen LogP contribution in [-0.2, 0) is 0 Å². The second-order valence-corrected chi connectivity index (χ2v) is 1.41. The van der Waals surface area contributed by atoms with Gasteiger partial charge in [-0.1, -0.05) is 12.2 Å². The summed E-state index contributed by atoms with van der Waals surface area (Å²) in [6.07, 6.45) is 5.19. The average molecular weight is 84.2 g/mol. The standard InChI is InChI=1S/C6H10/c1-2-4-6-5-3-1/h1-2H,3-6H2/i5D,6D/t5-,6+. The van der Waals surface area contributed by atoms with Crippen LogP contribution in [0.1, 0.15) is 28.4 Å². The van der Waals surface area contributed by atoms with Gasteiger partial charge in [-0.25, -0.2) is 0 Å². The third kappa shape index (κ3) is 0.852. The molecule has 0 bridgehead atoms. The van der Waals surface area contributed by atoms with Crippen molar-refractivity contribution in [3.8, 4) is 0 Å². The summed E-state index contributed by atoms with van der Waals surface area (Å²) in [6.45, 7) is 0. The highest BCUT2D eigenvalue weighted by Crippen LogP contribution is 2.07. The maximum atomic E-state index is 7.24. The molecule has 0 radical (unpaired) electrons. The van der Waals surface area contributed by atoms with Gasteiger partial charge in [0.2, 0.25) is 0 Å². The third-order valence-corrected chi connectivity index (χ3v) is 0.878. The Kier molecular flexibility index (Phi) is 0.722. The summed E-state index contributed by atoms with van der Waals surface area (Å²) in [4.78, 5) is 0. The van der Waals surface area contributed by atoms with E-state index in [4.69, 9.17) is 2.74 Å². The molecule has 34 valence electrons. The summed E-state index contributed by atoms with van der Waals surface area (Å²) in [5, 5.41) is 0. The molecule has 2 atom stereocenters. The third-order valence-electron chi connectivity index (χ3n) is 0.878. The molecule has 0 unspecified atom stereocenters. The van der Waals surface area contributed by atoms with E-state index in [1.54, 1.807) is 0 Å². The molecule has 0 fully saturated rings. The van der Waals surface area contributed by atoms with Crippen molar-refractivity contribution in [2.75, 3.05) is 0 Å². The van der Waals surface area contributed by atoms with E-state index in [1.165, 1.54) is 0 Å². The zero-order valence-electron chi connectivity index (χ0n) is 5.72. The fraction of sp³-hybridized carbons (Fsp3) is 0.667. The number of allylic oxidation sites excluding steroid dienone is 2. The van der Waals surface area contributed by atoms with E-state index < -0.39 is 0 Å². The van der Waals surface area contributed by atoms with Crippen molar-refractivity contribution >= 4 is 0 Å². The Morgan fingerprint density at radius 2 is 1.67 bits per heavy atom. The Labute approximate surface area is 41.7 Å². The summed E-state index contributed by atoms with van der Waals surface area (Å²) in [7, 11) is 0. The Balaban J connectivity index is 2.44. The lowest BCUT2D eigenvalue weighted by molar-refractivity contribution is 0.730. The zero-order chi connectivity index (χ0) is 5.98. The SMILES string of the molecule is [2H][C@@H]1CC=CC[C@@H]1[2H]. The second kappa shape index (κ2) is 2.01. The molecular weight excluding hydrogens is 72.1 g/mol. The number of rotatable bonds is 0. The summed E-state index contributed by atoms with van der Waals surface area (Å²) in [5.74, 6) is 0. The van der Waals surface area contributed by atoms with Gasteiger partial charge in [-0.05, 0) is 25.6 Å². The van der Waals surface area contributed by atoms with E-state index in [1.807, 2.05) is 12.2 Å². The van der Waals surface area contributed by atoms with Crippen LogP contribution in [-0.4, -0.2) is 0 Å². The quantitative estimate of drug-likeness (QED) is 0.394. The van der Waals surface area contributed by atoms with Crippen LogP contribution in [0.15, 0.2) is 12.2 Å². The summed E-state index contributed by atoms with van der Waals surface area (Å²) < 4.78 is 14.5. The molecule has 0 nitrogen and oxygen atoms in total. The molecule has 0 aliphatic heterocycles. The Hall–Kier alpha value is -0.260. The Bertz CT molecular complexity index is 86.7. The van der Waals surface area contributed by atoms with Crippen LogP contribution in [0.25, 0.3) is 0 Å². The smallest absolute Gasteiger partial charge is 0.0270 e. The fourth-order valence-corrected chi connectivity index (χ4v) is 0.542. The molecule has 0 amide bonds. The minimum Gasteiger partial charge on any atom is -0.0885 e. The number of hydrogen-bond acceptors (Lipinski definition) is 0. The molecule has 1 rings (SSSR count). The molecular formula is C6H10. The van der Waals surface area contributed by atoms with Gasteiger partial charge in [-0.3, -0.25) is 0 Å². The highest BCUT2D eigenvalue weighted by molar-refractivity contribution is 4.85. The van der Waals surface area contributed by atoms with Gasteiger partial charge in [0.15, 0.2) is 0 Å². The van der Waals surface area contributed by atoms with Gasteiger partial charge in [-0.15, -0.1) is 0 Å². The van der Waals surface area contributed by atoms with E-state index in [0.717, 1.165) is 12.8 Å². The Morgan fingerprint density at radius 1 is 1.17 bits per heavy atom. The van der Waals surface area contributed by atoms with Crippen molar-refractivity contribution in [1.82, 2.24) is 0 Å². The maximum Gasteiger partial charge on any atom is 0.0270 e. The molecule has 0 saturated heterocycles. The van der Waals surface area contributed by atoms with Crippen LogP contribution in [0, 0.1) is 0 Å². The molecule has 0 heterocycles. The largest absolute Gasteiger partial charge is 0.0885 e. The second-order valence-electron chi connectivity index (χ2n) is 1.41. The van der Waals surface area contributed by atoms with E-state index in [9.17, 15) is 0 Å². The first-order valence-electron chi connectivity index (χ1n) is 3.45. The molecule has 0 aromatic rings. The summed E-state index contributed by atoms with van der Waals surface area (Å²) in [5.41, 5.74) is 0. The highest BCUT2D eigenvalue weighted by atomic mass is 13.9. The molecule has 1 aliphatic rings. The molecule has 0 heteroatoms. The number of hydrogen-bond donors (Lipinski definition) is 0. The first kappa shape index (κ1) is 2.15. The van der Waals surface area contributed by atoms with Crippen molar-refractivity contribution < 1.29 is 2.74 Å². The minimum atomic E-state index is -0.167. The molecule has 0 spiro atoms. The Morgan fingerprint density at radius 3 is 2.00 bits per heavy atom. The topological polar surface area (TPSA) is 0 Å². The molecule has 1 aliphatic carbocycles. The summed E-state index contributed by atoms with van der Waals surface area (Å²) in [6, 6.07) is 0. The van der Waals surface area contributed by atoms with Crippen LogP contribution in [0.4, 0.5) is 0 Å². The predicted molar refractivity (Wildman–Crippen MR) is 27.6 cm³/mol. The first-order valence-corrected chi connectivity index (χ1v) is 2.30. The molecule has 6 heavy (non-hydrogen) atoms. The van der Waals surface area contributed by atoms with Crippen LogP contribution in [0.2, 0.25) is 0 Å². The van der Waals surface area contributed by atoms with Gasteiger partial charge in [-0.2, -0.15) is 0 Å². The van der Waals surface area contributed by atoms with Gasteiger partial charge in [0.05, 0.1) is 0 Å². The lowest BCUT2D eigenvalue weighted by atomic mass is 10.1. The maximum absolute atomic E-state index is 7.24. The van der Waals surface area contributed by atoms with Crippen molar-refractivity contribution in [3.63, 3.8) is 0 Å². The van der Waals surface area contributed by atoms with Gasteiger partial charge in [0, 0.05) is 2.74 Å². The van der Waals surface area contributed by atoms with E-state index in [2.05, 4.69) is 0 Å². The minimum absolute atomic E-state index is 0.167. The monoisotopic (exact) mass is 84.1 g/mol. The van der Waals surface area contributed by atoms with Crippen LogP contribution in [0.3, 0.4) is 0 Å². The molecule has 0 saturated carbocycles. The lowest BCUT2D eigenvalue weighted by Crippen LogP contribution is -1.77. The molecule has 0 aromatic carbocycles. The van der Waals surface area contributed by atoms with E-state index >= 15 is 0 Å². The van der Waals surface area contributed by atoms with Crippen molar-refractivity contribution in [2.45, 2.75) is 25.6 Å². The van der Waals surface area contributed by atoms with Crippen LogP contribution in [0.5, 0.6) is 0 Å². The first-order chi connectivity index (χ1) is 3.80. The van der Waals surface area contributed by atoms with Crippen molar-refractivity contribution in [3.05, 3.63) is 12.2 Å².